The standard InChI is InChI=1S/C8H16F3NO/c1-6(2,7(3,4)13)12-5-8(9,10)11/h12-13H,5H2,1-4H3. The summed E-state index contributed by atoms with van der Waals surface area (Å²) in [7, 11) is 0. The van der Waals surface area contributed by atoms with Crippen molar-refractivity contribution in [2.45, 2.75) is 45.0 Å². The van der Waals surface area contributed by atoms with Crippen LogP contribution in [0.25, 0.3) is 0 Å². The fourth-order valence-corrected chi connectivity index (χ4v) is 0.537. The Hall–Kier alpha value is -0.290. The molecule has 0 saturated heterocycles. The molecular weight excluding hydrogens is 183 g/mol. The van der Waals surface area contributed by atoms with Crippen LogP contribution in [-0.4, -0.2) is 29.0 Å². The van der Waals surface area contributed by atoms with Crippen LogP contribution >= 0.6 is 0 Å². The Morgan fingerprint density at radius 3 is 1.69 bits per heavy atom. The molecule has 2 nitrogen and oxygen atoms in total. The highest BCUT2D eigenvalue weighted by atomic mass is 19.4. The van der Waals surface area contributed by atoms with Gasteiger partial charge in [-0.1, -0.05) is 0 Å². The summed E-state index contributed by atoms with van der Waals surface area (Å²) >= 11 is 0. The van der Waals surface area contributed by atoms with Crippen LogP contribution in [0.1, 0.15) is 27.7 Å². The predicted molar refractivity (Wildman–Crippen MR) is 44.4 cm³/mol. The molecule has 0 aromatic carbocycles. The second-order valence-electron chi connectivity index (χ2n) is 4.15. The average Bonchev–Trinajstić information content (AvgIpc) is 1.79. The molecule has 0 heterocycles. The van der Waals surface area contributed by atoms with Crippen LogP contribution in [0.2, 0.25) is 0 Å². The molecule has 0 rings (SSSR count). The summed E-state index contributed by atoms with van der Waals surface area (Å²) in [4.78, 5) is 0. The van der Waals surface area contributed by atoms with E-state index in [2.05, 4.69) is 5.32 Å². The Bertz CT molecular complexity index is 169. The molecule has 0 atom stereocenters. The second-order valence-corrected chi connectivity index (χ2v) is 4.15. The predicted octanol–water partition coefficient (Wildman–Crippen LogP) is 1.69. The number of halogens is 3. The van der Waals surface area contributed by atoms with E-state index in [1.807, 2.05) is 0 Å². The summed E-state index contributed by atoms with van der Waals surface area (Å²) in [5, 5.41) is 11.8. The van der Waals surface area contributed by atoms with Gasteiger partial charge >= 0.3 is 6.18 Å². The van der Waals surface area contributed by atoms with E-state index < -0.39 is 23.9 Å². The first-order valence-electron chi connectivity index (χ1n) is 4.00. The van der Waals surface area contributed by atoms with Crippen molar-refractivity contribution in [1.82, 2.24) is 5.32 Å². The van der Waals surface area contributed by atoms with Crippen molar-refractivity contribution in [1.29, 1.82) is 0 Å². The number of rotatable bonds is 3. The lowest BCUT2D eigenvalue weighted by Gasteiger charge is -2.38. The van der Waals surface area contributed by atoms with Crippen LogP contribution in [0.15, 0.2) is 0 Å². The Morgan fingerprint density at radius 2 is 1.46 bits per heavy atom. The largest absolute Gasteiger partial charge is 0.401 e. The maximum Gasteiger partial charge on any atom is 0.401 e. The summed E-state index contributed by atoms with van der Waals surface area (Å²) < 4.78 is 35.5. The monoisotopic (exact) mass is 199 g/mol. The van der Waals surface area contributed by atoms with Gasteiger partial charge in [0.1, 0.15) is 0 Å². The molecule has 0 saturated carbocycles. The van der Waals surface area contributed by atoms with E-state index in [9.17, 15) is 18.3 Å². The van der Waals surface area contributed by atoms with E-state index in [-0.39, 0.29) is 0 Å². The van der Waals surface area contributed by atoms with Gasteiger partial charge in [0, 0.05) is 5.54 Å². The molecular formula is C8H16F3NO. The van der Waals surface area contributed by atoms with Crippen molar-refractivity contribution in [3.05, 3.63) is 0 Å². The minimum Gasteiger partial charge on any atom is -0.389 e. The van der Waals surface area contributed by atoms with Gasteiger partial charge in [-0.15, -0.1) is 0 Å². The van der Waals surface area contributed by atoms with Crippen LogP contribution < -0.4 is 5.32 Å². The quantitative estimate of drug-likeness (QED) is 0.725. The van der Waals surface area contributed by atoms with Crippen LogP contribution in [0, 0.1) is 0 Å². The minimum absolute atomic E-state index is 0.970. The van der Waals surface area contributed by atoms with Gasteiger partial charge in [0.05, 0.1) is 12.1 Å². The average molecular weight is 199 g/mol. The van der Waals surface area contributed by atoms with Gasteiger partial charge in [-0.3, -0.25) is 0 Å². The number of alkyl halides is 3. The van der Waals surface area contributed by atoms with Gasteiger partial charge in [-0.25, -0.2) is 0 Å². The summed E-state index contributed by atoms with van der Waals surface area (Å²) in [6, 6.07) is 0. The lowest BCUT2D eigenvalue weighted by molar-refractivity contribution is -0.134. The first-order valence-corrected chi connectivity index (χ1v) is 4.00. The number of hydrogen-bond donors (Lipinski definition) is 2. The number of hydrogen-bond acceptors (Lipinski definition) is 2. The maximum atomic E-state index is 11.8. The van der Waals surface area contributed by atoms with Crippen LogP contribution in [-0.2, 0) is 0 Å². The third kappa shape index (κ3) is 4.47. The van der Waals surface area contributed by atoms with Crippen molar-refractivity contribution >= 4 is 0 Å². The molecule has 5 heteroatoms. The second kappa shape index (κ2) is 3.46. The zero-order chi connectivity index (χ0) is 10.9. The van der Waals surface area contributed by atoms with E-state index >= 15 is 0 Å². The molecule has 0 aromatic rings. The number of nitrogens with one attached hydrogen (secondary N) is 1. The zero-order valence-electron chi connectivity index (χ0n) is 8.29. The van der Waals surface area contributed by atoms with Crippen LogP contribution in [0.5, 0.6) is 0 Å². The Kier molecular flexibility index (Phi) is 3.38. The van der Waals surface area contributed by atoms with Crippen LogP contribution in [0.4, 0.5) is 13.2 Å². The van der Waals surface area contributed by atoms with E-state index in [0.29, 0.717) is 0 Å². The van der Waals surface area contributed by atoms with Gasteiger partial charge < -0.3 is 10.4 Å². The highest BCUT2D eigenvalue weighted by Crippen LogP contribution is 2.22. The number of aliphatic hydroxyl groups is 1. The molecule has 0 spiro atoms. The molecule has 2 N–H and O–H groups in total. The topological polar surface area (TPSA) is 32.3 Å². The van der Waals surface area contributed by atoms with E-state index in [1.54, 1.807) is 0 Å². The molecule has 0 amide bonds. The van der Waals surface area contributed by atoms with Gasteiger partial charge in [-0.05, 0) is 27.7 Å². The normalized spacial score (nSPS) is 14.8. The summed E-state index contributed by atoms with van der Waals surface area (Å²) in [5.74, 6) is 0. The SMILES string of the molecule is CC(C)(O)C(C)(C)NCC(F)(F)F. The highest BCUT2D eigenvalue weighted by Gasteiger charge is 2.38. The molecule has 0 fully saturated rings. The first kappa shape index (κ1) is 12.7. The molecule has 0 aromatic heterocycles. The Balaban J connectivity index is 4.21. The van der Waals surface area contributed by atoms with Crippen molar-refractivity contribution in [3.8, 4) is 0 Å². The smallest absolute Gasteiger partial charge is 0.389 e. The van der Waals surface area contributed by atoms with E-state index in [4.69, 9.17) is 0 Å². The zero-order valence-corrected chi connectivity index (χ0v) is 8.29. The lowest BCUT2D eigenvalue weighted by atomic mass is 9.86. The summed E-state index contributed by atoms with van der Waals surface area (Å²) in [6.07, 6.45) is -4.25. The molecule has 0 aliphatic carbocycles. The minimum atomic E-state index is -4.25. The van der Waals surface area contributed by atoms with Gasteiger partial charge in [0.2, 0.25) is 0 Å². The molecule has 0 radical (unpaired) electrons. The molecule has 0 bridgehead atoms. The maximum absolute atomic E-state index is 11.8. The first-order chi connectivity index (χ1) is 5.46. The fourth-order valence-electron chi connectivity index (χ4n) is 0.537. The third-order valence-corrected chi connectivity index (χ3v) is 2.26. The van der Waals surface area contributed by atoms with Gasteiger partial charge in [0.25, 0.3) is 0 Å². The van der Waals surface area contributed by atoms with Crippen molar-refractivity contribution < 1.29 is 18.3 Å². The van der Waals surface area contributed by atoms with Crippen molar-refractivity contribution in [3.63, 3.8) is 0 Å². The Labute approximate surface area is 76.1 Å². The lowest BCUT2D eigenvalue weighted by Crippen LogP contribution is -2.57. The molecule has 0 aliphatic rings. The molecule has 80 valence electrons. The third-order valence-electron chi connectivity index (χ3n) is 2.26. The van der Waals surface area contributed by atoms with E-state index in [0.717, 1.165) is 0 Å². The van der Waals surface area contributed by atoms with Crippen molar-refractivity contribution in [2.75, 3.05) is 6.54 Å². The summed E-state index contributed by atoms with van der Waals surface area (Å²) in [6.45, 7) is 4.90. The van der Waals surface area contributed by atoms with E-state index in [1.165, 1.54) is 27.7 Å². The van der Waals surface area contributed by atoms with Gasteiger partial charge in [0.15, 0.2) is 0 Å². The fraction of sp³-hybridized carbons (Fsp3) is 1.00. The molecule has 0 unspecified atom stereocenters. The van der Waals surface area contributed by atoms with Crippen LogP contribution in [0.3, 0.4) is 0 Å². The molecule has 0 aliphatic heterocycles. The summed E-state index contributed by atoms with van der Waals surface area (Å²) in [5.41, 5.74) is -2.17. The van der Waals surface area contributed by atoms with Crippen molar-refractivity contribution in [2.24, 2.45) is 0 Å². The highest BCUT2D eigenvalue weighted by molar-refractivity contribution is 4.93. The molecule has 13 heavy (non-hydrogen) atoms. The van der Waals surface area contributed by atoms with Gasteiger partial charge in [-0.2, -0.15) is 13.2 Å². The Morgan fingerprint density at radius 1 is 1.08 bits per heavy atom.